The van der Waals surface area contributed by atoms with Crippen LogP contribution in [0.15, 0.2) is 18.2 Å². The van der Waals surface area contributed by atoms with Crippen molar-refractivity contribution < 1.29 is 23.8 Å². The Bertz CT molecular complexity index is 433. The summed E-state index contributed by atoms with van der Waals surface area (Å²) in [7, 11) is 0. The minimum Gasteiger partial charge on any atom is -0.508 e. The van der Waals surface area contributed by atoms with Gasteiger partial charge in [0.05, 0.1) is 12.2 Å². The lowest BCUT2D eigenvalue weighted by molar-refractivity contribution is -0.141. The quantitative estimate of drug-likeness (QED) is 0.765. The molecule has 2 N–H and O–H groups in total. The van der Waals surface area contributed by atoms with Crippen molar-refractivity contribution in [2.45, 2.75) is 6.92 Å². The molecule has 0 radical (unpaired) electrons. The van der Waals surface area contributed by atoms with Gasteiger partial charge in [-0.15, -0.1) is 0 Å². The number of benzene rings is 1. The van der Waals surface area contributed by atoms with Gasteiger partial charge in [0.2, 0.25) is 0 Å². The maximum absolute atomic E-state index is 13.2. The van der Waals surface area contributed by atoms with Crippen LogP contribution >= 0.6 is 0 Å². The van der Waals surface area contributed by atoms with Crippen LogP contribution in [0.4, 0.5) is 4.39 Å². The average molecular weight is 241 g/mol. The van der Waals surface area contributed by atoms with E-state index in [0.29, 0.717) is 0 Å². The van der Waals surface area contributed by atoms with E-state index >= 15 is 0 Å². The molecule has 0 saturated heterocycles. The number of phenols is 1. The van der Waals surface area contributed by atoms with Crippen LogP contribution < -0.4 is 5.32 Å². The topological polar surface area (TPSA) is 75.6 Å². The van der Waals surface area contributed by atoms with Crippen molar-refractivity contribution in [1.29, 1.82) is 0 Å². The van der Waals surface area contributed by atoms with Gasteiger partial charge in [-0.2, -0.15) is 0 Å². The minimum absolute atomic E-state index is 0.204. The Hall–Kier alpha value is -2.11. The van der Waals surface area contributed by atoms with Gasteiger partial charge in [0, 0.05) is 0 Å². The Morgan fingerprint density at radius 1 is 1.47 bits per heavy atom. The maximum atomic E-state index is 13.2. The molecule has 0 heterocycles. The van der Waals surface area contributed by atoms with Crippen LogP contribution in [0.5, 0.6) is 5.75 Å². The van der Waals surface area contributed by atoms with Gasteiger partial charge in [-0.1, -0.05) is 0 Å². The summed E-state index contributed by atoms with van der Waals surface area (Å²) in [5.74, 6) is -2.40. The van der Waals surface area contributed by atoms with Gasteiger partial charge in [0.15, 0.2) is 0 Å². The van der Waals surface area contributed by atoms with E-state index in [1.54, 1.807) is 6.92 Å². The monoisotopic (exact) mass is 241 g/mol. The zero-order chi connectivity index (χ0) is 12.8. The van der Waals surface area contributed by atoms with Crippen molar-refractivity contribution in [2.24, 2.45) is 0 Å². The third-order valence-corrected chi connectivity index (χ3v) is 1.89. The number of aromatic hydroxyl groups is 1. The van der Waals surface area contributed by atoms with E-state index in [2.05, 4.69) is 10.1 Å². The predicted octanol–water partition coefficient (Wildman–Crippen LogP) is 0.824. The molecule has 0 fully saturated rings. The molecule has 0 atom stereocenters. The molecule has 5 nitrogen and oxygen atoms in total. The first-order valence-electron chi connectivity index (χ1n) is 4.97. The molecule has 0 unspecified atom stereocenters. The van der Waals surface area contributed by atoms with Crippen molar-refractivity contribution in [3.63, 3.8) is 0 Å². The molecule has 17 heavy (non-hydrogen) atoms. The third-order valence-electron chi connectivity index (χ3n) is 1.89. The summed E-state index contributed by atoms with van der Waals surface area (Å²) in [5, 5.41) is 11.3. The van der Waals surface area contributed by atoms with Crippen LogP contribution in [0.25, 0.3) is 0 Å². The fourth-order valence-corrected chi connectivity index (χ4v) is 1.15. The van der Waals surface area contributed by atoms with E-state index in [-0.39, 0.29) is 24.5 Å². The molecule has 6 heteroatoms. The summed E-state index contributed by atoms with van der Waals surface area (Å²) in [6.07, 6.45) is 0. The summed E-state index contributed by atoms with van der Waals surface area (Å²) in [4.78, 5) is 22.4. The van der Waals surface area contributed by atoms with Gasteiger partial charge in [0.25, 0.3) is 5.91 Å². The minimum atomic E-state index is -0.786. The summed E-state index contributed by atoms with van der Waals surface area (Å²) < 4.78 is 17.8. The van der Waals surface area contributed by atoms with Crippen LogP contribution in [0.2, 0.25) is 0 Å². The molecule has 0 saturated carbocycles. The number of hydrogen-bond donors (Lipinski definition) is 2. The van der Waals surface area contributed by atoms with Gasteiger partial charge >= 0.3 is 5.97 Å². The van der Waals surface area contributed by atoms with Crippen LogP contribution in [-0.4, -0.2) is 30.1 Å². The summed E-state index contributed by atoms with van der Waals surface area (Å²) in [6, 6.07) is 3.07. The Balaban J connectivity index is 2.64. The maximum Gasteiger partial charge on any atom is 0.325 e. The lowest BCUT2D eigenvalue weighted by Crippen LogP contribution is -2.31. The second-order valence-corrected chi connectivity index (χ2v) is 3.15. The van der Waals surface area contributed by atoms with Crippen molar-refractivity contribution in [1.82, 2.24) is 5.32 Å². The number of carbonyl (C=O) groups is 2. The van der Waals surface area contributed by atoms with Crippen LogP contribution in [0, 0.1) is 5.82 Å². The molecule has 0 spiro atoms. The smallest absolute Gasteiger partial charge is 0.325 e. The highest BCUT2D eigenvalue weighted by molar-refractivity contribution is 5.96. The molecule has 1 aromatic carbocycles. The van der Waals surface area contributed by atoms with Crippen LogP contribution in [0.3, 0.4) is 0 Å². The largest absolute Gasteiger partial charge is 0.508 e. The lowest BCUT2D eigenvalue weighted by Gasteiger charge is -2.06. The Morgan fingerprint density at radius 2 is 2.18 bits per heavy atom. The number of amides is 1. The van der Waals surface area contributed by atoms with Crippen molar-refractivity contribution >= 4 is 11.9 Å². The van der Waals surface area contributed by atoms with Crippen molar-refractivity contribution in [3.8, 4) is 5.75 Å². The number of rotatable bonds is 4. The number of halogens is 1. The summed E-state index contributed by atoms with van der Waals surface area (Å²) >= 11 is 0. The molecule has 0 aliphatic heterocycles. The lowest BCUT2D eigenvalue weighted by atomic mass is 10.2. The van der Waals surface area contributed by atoms with Gasteiger partial charge in [-0.05, 0) is 25.1 Å². The first kappa shape index (κ1) is 13.0. The van der Waals surface area contributed by atoms with Gasteiger partial charge in [0.1, 0.15) is 18.1 Å². The molecular formula is C11H12FNO4. The van der Waals surface area contributed by atoms with Gasteiger partial charge < -0.3 is 15.2 Å². The van der Waals surface area contributed by atoms with Crippen LogP contribution in [0.1, 0.15) is 17.3 Å². The fourth-order valence-electron chi connectivity index (χ4n) is 1.15. The van der Waals surface area contributed by atoms with E-state index in [1.807, 2.05) is 0 Å². The van der Waals surface area contributed by atoms with E-state index in [1.165, 1.54) is 0 Å². The molecule has 1 aromatic rings. The van der Waals surface area contributed by atoms with E-state index in [9.17, 15) is 14.0 Å². The zero-order valence-electron chi connectivity index (χ0n) is 9.20. The Labute approximate surface area is 97.2 Å². The molecule has 0 aliphatic rings. The highest BCUT2D eigenvalue weighted by atomic mass is 19.1. The number of hydrogen-bond acceptors (Lipinski definition) is 4. The zero-order valence-corrected chi connectivity index (χ0v) is 9.20. The van der Waals surface area contributed by atoms with E-state index in [0.717, 1.165) is 18.2 Å². The van der Waals surface area contributed by atoms with Crippen molar-refractivity contribution in [2.75, 3.05) is 13.2 Å². The first-order chi connectivity index (χ1) is 8.04. The fraction of sp³-hybridized carbons (Fsp3) is 0.273. The molecule has 0 bridgehead atoms. The molecular weight excluding hydrogens is 229 g/mol. The number of esters is 1. The molecule has 0 aliphatic carbocycles. The van der Waals surface area contributed by atoms with E-state index < -0.39 is 17.7 Å². The highest BCUT2D eigenvalue weighted by Crippen LogP contribution is 2.14. The highest BCUT2D eigenvalue weighted by Gasteiger charge is 2.13. The standard InChI is InChI=1S/C11H12FNO4/c1-2-17-10(15)6-13-11(16)8-5-7(14)3-4-9(8)12/h3-5,14H,2,6H2,1H3,(H,13,16). The summed E-state index contributed by atoms with van der Waals surface area (Å²) in [6.45, 7) is 1.49. The number of phenolic OH excluding ortho intramolecular Hbond substituents is 1. The van der Waals surface area contributed by atoms with Gasteiger partial charge in [-0.25, -0.2) is 4.39 Å². The second-order valence-electron chi connectivity index (χ2n) is 3.15. The van der Waals surface area contributed by atoms with Gasteiger partial charge in [-0.3, -0.25) is 9.59 Å². The first-order valence-corrected chi connectivity index (χ1v) is 4.97. The number of nitrogens with one attached hydrogen (secondary N) is 1. The van der Waals surface area contributed by atoms with E-state index in [4.69, 9.17) is 5.11 Å². The normalized spacial score (nSPS) is 9.76. The molecule has 1 amide bonds. The predicted molar refractivity (Wildman–Crippen MR) is 57.0 cm³/mol. The molecule has 92 valence electrons. The SMILES string of the molecule is CCOC(=O)CNC(=O)c1cc(O)ccc1F. The molecule has 0 aromatic heterocycles. The third kappa shape index (κ3) is 3.75. The number of ether oxygens (including phenoxy) is 1. The second kappa shape index (κ2) is 5.83. The van der Waals surface area contributed by atoms with Crippen LogP contribution in [-0.2, 0) is 9.53 Å². The Kier molecular flexibility index (Phi) is 4.45. The number of carbonyl (C=O) groups excluding carboxylic acids is 2. The molecule has 1 rings (SSSR count). The van der Waals surface area contributed by atoms with Crippen molar-refractivity contribution in [3.05, 3.63) is 29.6 Å². The summed E-state index contributed by atoms with van der Waals surface area (Å²) in [5.41, 5.74) is -0.325. The Morgan fingerprint density at radius 3 is 2.82 bits per heavy atom. The average Bonchev–Trinajstić information content (AvgIpc) is 2.29.